The summed E-state index contributed by atoms with van der Waals surface area (Å²) in [5.41, 5.74) is 3.15. The van der Waals surface area contributed by atoms with E-state index in [2.05, 4.69) is 4.72 Å². The molecule has 0 atom stereocenters. The van der Waals surface area contributed by atoms with E-state index >= 15 is 0 Å². The van der Waals surface area contributed by atoms with Crippen molar-refractivity contribution in [1.29, 1.82) is 0 Å². The summed E-state index contributed by atoms with van der Waals surface area (Å²) in [5, 5.41) is 1.82. The Morgan fingerprint density at radius 2 is 1.79 bits per heavy atom. The van der Waals surface area contributed by atoms with Crippen molar-refractivity contribution >= 4 is 50.1 Å². The standard InChI is InChI=1S/C25H21Cl2NO4S/c1-3-22-19(12-16-8-10-18(26)14-21(16)27)20-13-17(9-11-23(20)32-22)25(29)28-33(30,31)24-7-5-4-6-15(24)2/h4-11,13-14H,3,12H2,1-2H3,(H,28,29). The van der Waals surface area contributed by atoms with Crippen LogP contribution in [0.2, 0.25) is 10.0 Å². The highest BCUT2D eigenvalue weighted by Crippen LogP contribution is 2.32. The van der Waals surface area contributed by atoms with Gasteiger partial charge >= 0.3 is 0 Å². The number of halogens is 2. The van der Waals surface area contributed by atoms with Gasteiger partial charge in [0.25, 0.3) is 15.9 Å². The van der Waals surface area contributed by atoms with Crippen LogP contribution in [0.3, 0.4) is 0 Å². The number of sulfonamides is 1. The Bertz CT molecular complexity index is 1480. The zero-order valence-electron chi connectivity index (χ0n) is 18.0. The summed E-state index contributed by atoms with van der Waals surface area (Å²) in [6.07, 6.45) is 1.14. The third-order valence-corrected chi connectivity index (χ3v) is 7.53. The lowest BCUT2D eigenvalue weighted by Gasteiger charge is -2.09. The molecule has 5 nitrogen and oxygen atoms in total. The lowest BCUT2D eigenvalue weighted by Crippen LogP contribution is -2.31. The summed E-state index contributed by atoms with van der Waals surface area (Å²) in [4.78, 5) is 12.9. The Morgan fingerprint density at radius 1 is 1.03 bits per heavy atom. The quantitative estimate of drug-likeness (QED) is 0.335. The molecule has 4 rings (SSSR count). The molecule has 0 fully saturated rings. The number of hydrogen-bond acceptors (Lipinski definition) is 4. The second-order valence-corrected chi connectivity index (χ2v) is 10.2. The molecule has 33 heavy (non-hydrogen) atoms. The molecule has 0 unspecified atom stereocenters. The summed E-state index contributed by atoms with van der Waals surface area (Å²) in [5.74, 6) is 0.0657. The van der Waals surface area contributed by atoms with Gasteiger partial charge < -0.3 is 4.42 Å². The van der Waals surface area contributed by atoms with Gasteiger partial charge in [-0.2, -0.15) is 0 Å². The molecule has 0 aliphatic rings. The first-order chi connectivity index (χ1) is 15.7. The van der Waals surface area contributed by atoms with Crippen LogP contribution in [-0.4, -0.2) is 14.3 Å². The van der Waals surface area contributed by atoms with E-state index in [-0.39, 0.29) is 10.5 Å². The highest BCUT2D eigenvalue weighted by Gasteiger charge is 2.22. The Kier molecular flexibility index (Phi) is 6.52. The Balaban J connectivity index is 1.71. The summed E-state index contributed by atoms with van der Waals surface area (Å²) < 4.78 is 33.6. The summed E-state index contributed by atoms with van der Waals surface area (Å²) in [6.45, 7) is 3.66. The van der Waals surface area contributed by atoms with Gasteiger partial charge in [0.15, 0.2) is 0 Å². The van der Waals surface area contributed by atoms with Crippen LogP contribution in [0.5, 0.6) is 0 Å². The molecule has 1 aromatic heterocycles. The fourth-order valence-electron chi connectivity index (χ4n) is 3.77. The second kappa shape index (κ2) is 9.21. The van der Waals surface area contributed by atoms with Crippen LogP contribution in [0.25, 0.3) is 11.0 Å². The first kappa shape index (κ1) is 23.4. The number of furan rings is 1. The van der Waals surface area contributed by atoms with Gasteiger partial charge in [-0.15, -0.1) is 0 Å². The molecule has 0 aliphatic heterocycles. The number of hydrogen-bond donors (Lipinski definition) is 1. The van der Waals surface area contributed by atoms with E-state index in [1.807, 2.05) is 13.0 Å². The van der Waals surface area contributed by atoms with Crippen LogP contribution < -0.4 is 4.72 Å². The SMILES string of the molecule is CCc1oc2ccc(C(=O)NS(=O)(=O)c3ccccc3C)cc2c1Cc1ccc(Cl)cc1Cl. The Hall–Kier alpha value is -2.80. The molecule has 3 aromatic carbocycles. The number of nitrogens with one attached hydrogen (secondary N) is 1. The minimum atomic E-state index is -4.01. The number of benzene rings is 3. The molecule has 1 heterocycles. The van der Waals surface area contributed by atoms with Crippen molar-refractivity contribution in [3.05, 3.63) is 98.7 Å². The highest BCUT2D eigenvalue weighted by molar-refractivity contribution is 7.90. The third-order valence-electron chi connectivity index (χ3n) is 5.45. The average molecular weight is 502 g/mol. The van der Waals surface area contributed by atoms with E-state index in [9.17, 15) is 13.2 Å². The number of amides is 1. The van der Waals surface area contributed by atoms with Crippen molar-refractivity contribution in [1.82, 2.24) is 4.72 Å². The normalized spacial score (nSPS) is 11.6. The van der Waals surface area contributed by atoms with Gasteiger partial charge in [-0.25, -0.2) is 13.1 Å². The number of aryl methyl sites for hydroxylation is 2. The molecule has 0 bridgehead atoms. The third kappa shape index (κ3) is 4.78. The molecule has 0 spiro atoms. The lowest BCUT2D eigenvalue weighted by molar-refractivity contribution is 0.0981. The van der Waals surface area contributed by atoms with Crippen LogP contribution in [0.4, 0.5) is 0 Å². The number of fused-ring (bicyclic) bond motifs is 1. The highest BCUT2D eigenvalue weighted by atomic mass is 35.5. The fourth-order valence-corrected chi connectivity index (χ4v) is 5.47. The molecule has 4 aromatic rings. The van der Waals surface area contributed by atoms with Gasteiger partial charge in [-0.1, -0.05) is 54.4 Å². The Labute approximate surface area is 202 Å². The van der Waals surface area contributed by atoms with E-state index in [1.54, 1.807) is 55.5 Å². The van der Waals surface area contributed by atoms with Gasteiger partial charge in [0.05, 0.1) is 4.90 Å². The Morgan fingerprint density at radius 3 is 2.48 bits per heavy atom. The van der Waals surface area contributed by atoms with Gasteiger partial charge in [0, 0.05) is 39.4 Å². The van der Waals surface area contributed by atoms with Crippen molar-refractivity contribution in [3.63, 3.8) is 0 Å². The molecule has 8 heteroatoms. The van der Waals surface area contributed by atoms with Gasteiger partial charge in [0.2, 0.25) is 0 Å². The monoisotopic (exact) mass is 501 g/mol. The van der Waals surface area contributed by atoms with Crippen molar-refractivity contribution in [2.45, 2.75) is 31.6 Å². The molecule has 0 aliphatic carbocycles. The van der Waals surface area contributed by atoms with E-state index in [0.29, 0.717) is 34.0 Å². The minimum Gasteiger partial charge on any atom is -0.461 e. The maximum absolute atomic E-state index is 12.9. The topological polar surface area (TPSA) is 76.4 Å². The van der Waals surface area contributed by atoms with Crippen molar-refractivity contribution in [2.24, 2.45) is 0 Å². The van der Waals surface area contributed by atoms with E-state index < -0.39 is 15.9 Å². The predicted molar refractivity (Wildman–Crippen MR) is 131 cm³/mol. The molecular formula is C25H21Cl2NO4S. The predicted octanol–water partition coefficient (Wildman–Crippen LogP) is 6.32. The second-order valence-electron chi connectivity index (χ2n) is 7.68. The molecule has 1 N–H and O–H groups in total. The molecule has 170 valence electrons. The zero-order chi connectivity index (χ0) is 23.8. The van der Waals surface area contributed by atoms with Crippen LogP contribution in [0, 0.1) is 6.92 Å². The van der Waals surface area contributed by atoms with E-state index in [1.165, 1.54) is 6.07 Å². The zero-order valence-corrected chi connectivity index (χ0v) is 20.3. The van der Waals surface area contributed by atoms with Gasteiger partial charge in [-0.3, -0.25) is 4.79 Å². The maximum Gasteiger partial charge on any atom is 0.265 e. The van der Waals surface area contributed by atoms with Crippen LogP contribution >= 0.6 is 23.2 Å². The molecular weight excluding hydrogens is 481 g/mol. The van der Waals surface area contributed by atoms with Gasteiger partial charge in [-0.05, 0) is 54.4 Å². The first-order valence-corrected chi connectivity index (χ1v) is 12.5. The summed E-state index contributed by atoms with van der Waals surface area (Å²) in [7, 11) is -4.01. The van der Waals surface area contributed by atoms with E-state index in [4.69, 9.17) is 27.6 Å². The van der Waals surface area contributed by atoms with Gasteiger partial charge in [0.1, 0.15) is 11.3 Å². The maximum atomic E-state index is 12.9. The number of carbonyl (C=O) groups is 1. The van der Waals surface area contributed by atoms with Crippen molar-refractivity contribution in [3.8, 4) is 0 Å². The number of carbonyl (C=O) groups excluding carboxylic acids is 1. The molecule has 0 saturated heterocycles. The molecule has 1 amide bonds. The summed E-state index contributed by atoms with van der Waals surface area (Å²) >= 11 is 12.4. The smallest absolute Gasteiger partial charge is 0.265 e. The van der Waals surface area contributed by atoms with Crippen molar-refractivity contribution < 1.29 is 17.6 Å². The van der Waals surface area contributed by atoms with Crippen LogP contribution in [0.15, 0.2) is 70.0 Å². The number of rotatable bonds is 6. The minimum absolute atomic E-state index is 0.0640. The molecule has 0 saturated carbocycles. The van der Waals surface area contributed by atoms with Crippen molar-refractivity contribution in [2.75, 3.05) is 0 Å². The summed E-state index contributed by atoms with van der Waals surface area (Å²) in [6, 6.07) is 16.7. The van der Waals surface area contributed by atoms with E-state index in [0.717, 1.165) is 22.3 Å². The largest absolute Gasteiger partial charge is 0.461 e. The first-order valence-electron chi connectivity index (χ1n) is 10.3. The molecule has 0 radical (unpaired) electrons. The van der Waals surface area contributed by atoms with Crippen LogP contribution in [0.1, 0.15) is 39.7 Å². The van der Waals surface area contributed by atoms with Crippen LogP contribution in [-0.2, 0) is 22.9 Å². The fraction of sp³-hybridized carbons (Fsp3) is 0.160. The average Bonchev–Trinajstić information content (AvgIpc) is 3.12. The lowest BCUT2D eigenvalue weighted by atomic mass is 9.99.